The zero-order chi connectivity index (χ0) is 14.0. The Bertz CT molecular complexity index is 524. The number of benzene rings is 1. The molecule has 1 aliphatic rings. The second-order valence-electron chi connectivity index (χ2n) is 5.00. The third-order valence-electron chi connectivity index (χ3n) is 3.33. The Kier molecular flexibility index (Phi) is 4.10. The van der Waals surface area contributed by atoms with Crippen LogP contribution in [0.25, 0.3) is 0 Å². The van der Waals surface area contributed by atoms with Gasteiger partial charge >= 0.3 is 0 Å². The number of hydrogen-bond donors (Lipinski definition) is 2. The summed E-state index contributed by atoms with van der Waals surface area (Å²) in [6, 6.07) is 3.11. The molecule has 0 spiro atoms. The van der Waals surface area contributed by atoms with E-state index in [-0.39, 0.29) is 17.0 Å². The molecule has 1 aromatic carbocycles. The quantitative estimate of drug-likeness (QED) is 0.868. The molecule has 1 aliphatic carbocycles. The minimum Gasteiger partial charge on any atom is -0.366 e. The van der Waals surface area contributed by atoms with Gasteiger partial charge in [-0.1, -0.05) is 24.4 Å². The molecule has 1 aromatic rings. The van der Waals surface area contributed by atoms with E-state index in [9.17, 15) is 9.59 Å². The van der Waals surface area contributed by atoms with Crippen molar-refractivity contribution < 1.29 is 9.59 Å². The first-order chi connectivity index (χ1) is 8.99. The van der Waals surface area contributed by atoms with Gasteiger partial charge in [0.2, 0.25) is 5.91 Å². The van der Waals surface area contributed by atoms with Gasteiger partial charge in [-0.25, -0.2) is 0 Å². The lowest BCUT2D eigenvalue weighted by Crippen LogP contribution is -2.28. The number of aryl methyl sites for hydroxylation is 1. The Balaban J connectivity index is 2.16. The highest BCUT2D eigenvalue weighted by molar-refractivity contribution is 6.31. The van der Waals surface area contributed by atoms with Crippen molar-refractivity contribution in [3.63, 3.8) is 0 Å². The molecule has 3 N–H and O–H groups in total. The van der Waals surface area contributed by atoms with Gasteiger partial charge in [-0.05, 0) is 37.0 Å². The van der Waals surface area contributed by atoms with E-state index < -0.39 is 5.91 Å². The molecule has 2 amide bonds. The average Bonchev–Trinajstić information content (AvgIpc) is 3.11. The minimum absolute atomic E-state index is 0.244. The van der Waals surface area contributed by atoms with Crippen LogP contribution in [-0.4, -0.2) is 18.4 Å². The third kappa shape index (κ3) is 3.47. The maximum Gasteiger partial charge on any atom is 0.252 e. The average molecular weight is 281 g/mol. The molecule has 4 nitrogen and oxygen atoms in total. The SMILES string of the molecule is Cc1cc(Cl)cc(C(=O)NCCC2CC2)c1C(N)=O. The van der Waals surface area contributed by atoms with Crippen molar-refractivity contribution in [1.82, 2.24) is 5.32 Å². The van der Waals surface area contributed by atoms with Crippen LogP contribution < -0.4 is 11.1 Å². The standard InChI is InChI=1S/C14H17ClN2O2/c1-8-6-10(15)7-11(12(8)13(16)18)14(19)17-5-4-9-2-3-9/h6-7,9H,2-5H2,1H3,(H2,16,18)(H,17,19). The van der Waals surface area contributed by atoms with E-state index in [0.29, 0.717) is 17.1 Å². The molecule has 0 saturated heterocycles. The minimum atomic E-state index is -0.610. The summed E-state index contributed by atoms with van der Waals surface area (Å²) in [6.07, 6.45) is 3.48. The molecule has 0 radical (unpaired) electrons. The van der Waals surface area contributed by atoms with E-state index in [2.05, 4.69) is 5.32 Å². The smallest absolute Gasteiger partial charge is 0.252 e. The first-order valence-electron chi connectivity index (χ1n) is 6.37. The molecule has 0 aliphatic heterocycles. The van der Waals surface area contributed by atoms with Crippen molar-refractivity contribution in [2.45, 2.75) is 26.2 Å². The molecule has 0 aromatic heterocycles. The van der Waals surface area contributed by atoms with Gasteiger partial charge in [0.05, 0.1) is 11.1 Å². The lowest BCUT2D eigenvalue weighted by atomic mass is 10.0. The van der Waals surface area contributed by atoms with Gasteiger partial charge < -0.3 is 11.1 Å². The number of carbonyl (C=O) groups is 2. The van der Waals surface area contributed by atoms with Crippen molar-refractivity contribution >= 4 is 23.4 Å². The topological polar surface area (TPSA) is 72.2 Å². The first kappa shape index (κ1) is 13.9. The van der Waals surface area contributed by atoms with E-state index >= 15 is 0 Å². The summed E-state index contributed by atoms with van der Waals surface area (Å²) in [6.45, 7) is 2.33. The summed E-state index contributed by atoms with van der Waals surface area (Å²) in [5.74, 6) is -0.154. The van der Waals surface area contributed by atoms with Gasteiger partial charge in [-0.15, -0.1) is 0 Å². The maximum atomic E-state index is 12.1. The predicted octanol–water partition coefficient (Wildman–Crippen LogP) is 2.28. The molecule has 102 valence electrons. The molecule has 5 heteroatoms. The van der Waals surface area contributed by atoms with Gasteiger partial charge in [0.25, 0.3) is 5.91 Å². The monoisotopic (exact) mass is 280 g/mol. The molecule has 1 saturated carbocycles. The fraction of sp³-hybridized carbons (Fsp3) is 0.429. The lowest BCUT2D eigenvalue weighted by molar-refractivity contribution is 0.0935. The molecular weight excluding hydrogens is 264 g/mol. The van der Waals surface area contributed by atoms with Gasteiger partial charge in [0.1, 0.15) is 0 Å². The largest absolute Gasteiger partial charge is 0.366 e. The van der Waals surface area contributed by atoms with Crippen LogP contribution in [0.3, 0.4) is 0 Å². The number of nitrogens with two attached hydrogens (primary N) is 1. The summed E-state index contributed by atoms with van der Waals surface area (Å²) in [7, 11) is 0. The predicted molar refractivity (Wildman–Crippen MR) is 74.4 cm³/mol. The Morgan fingerprint density at radius 1 is 1.42 bits per heavy atom. The van der Waals surface area contributed by atoms with E-state index in [1.54, 1.807) is 13.0 Å². The van der Waals surface area contributed by atoms with Gasteiger partial charge in [0.15, 0.2) is 0 Å². The highest BCUT2D eigenvalue weighted by Gasteiger charge is 2.22. The van der Waals surface area contributed by atoms with E-state index in [1.165, 1.54) is 18.9 Å². The van der Waals surface area contributed by atoms with Crippen LogP contribution in [0.5, 0.6) is 0 Å². The fourth-order valence-corrected chi connectivity index (χ4v) is 2.41. The third-order valence-corrected chi connectivity index (χ3v) is 3.54. The first-order valence-corrected chi connectivity index (χ1v) is 6.75. The van der Waals surface area contributed by atoms with Crippen molar-refractivity contribution in [2.24, 2.45) is 11.7 Å². The molecular formula is C14H17ClN2O2. The van der Waals surface area contributed by atoms with Gasteiger partial charge in [-0.3, -0.25) is 9.59 Å². The molecule has 0 heterocycles. The van der Waals surface area contributed by atoms with Crippen LogP contribution in [0.1, 0.15) is 45.5 Å². The van der Waals surface area contributed by atoms with Crippen molar-refractivity contribution in [3.8, 4) is 0 Å². The van der Waals surface area contributed by atoms with Crippen molar-refractivity contribution in [1.29, 1.82) is 0 Å². The molecule has 19 heavy (non-hydrogen) atoms. The summed E-state index contributed by atoms with van der Waals surface area (Å²) in [4.78, 5) is 23.5. The van der Waals surface area contributed by atoms with E-state index in [0.717, 1.165) is 12.3 Å². The lowest BCUT2D eigenvalue weighted by Gasteiger charge is -2.11. The number of rotatable bonds is 5. The Morgan fingerprint density at radius 3 is 2.68 bits per heavy atom. The van der Waals surface area contributed by atoms with Crippen LogP contribution in [0, 0.1) is 12.8 Å². The second-order valence-corrected chi connectivity index (χ2v) is 5.43. The van der Waals surface area contributed by atoms with Crippen molar-refractivity contribution in [3.05, 3.63) is 33.8 Å². The van der Waals surface area contributed by atoms with Gasteiger partial charge in [0, 0.05) is 11.6 Å². The Morgan fingerprint density at radius 2 is 2.11 bits per heavy atom. The number of primary amides is 1. The normalized spacial score (nSPS) is 14.2. The highest BCUT2D eigenvalue weighted by Crippen LogP contribution is 2.31. The zero-order valence-electron chi connectivity index (χ0n) is 10.8. The molecule has 0 unspecified atom stereocenters. The summed E-state index contributed by atoms with van der Waals surface area (Å²) < 4.78 is 0. The van der Waals surface area contributed by atoms with Crippen LogP contribution in [0.4, 0.5) is 0 Å². The number of amides is 2. The zero-order valence-corrected chi connectivity index (χ0v) is 11.6. The Labute approximate surface area is 117 Å². The summed E-state index contributed by atoms with van der Waals surface area (Å²) >= 11 is 5.93. The fourth-order valence-electron chi connectivity index (χ4n) is 2.14. The Hall–Kier alpha value is -1.55. The van der Waals surface area contributed by atoms with Crippen LogP contribution in [-0.2, 0) is 0 Å². The molecule has 2 rings (SSSR count). The van der Waals surface area contributed by atoms with Crippen LogP contribution in [0.2, 0.25) is 5.02 Å². The molecule has 0 atom stereocenters. The molecule has 0 bridgehead atoms. The number of carbonyl (C=O) groups excluding carboxylic acids is 2. The van der Waals surface area contributed by atoms with Crippen molar-refractivity contribution in [2.75, 3.05) is 6.54 Å². The van der Waals surface area contributed by atoms with Crippen LogP contribution >= 0.6 is 11.6 Å². The number of halogens is 1. The van der Waals surface area contributed by atoms with E-state index in [4.69, 9.17) is 17.3 Å². The van der Waals surface area contributed by atoms with Crippen LogP contribution in [0.15, 0.2) is 12.1 Å². The number of hydrogen-bond acceptors (Lipinski definition) is 2. The number of nitrogens with one attached hydrogen (secondary N) is 1. The van der Waals surface area contributed by atoms with E-state index in [1.807, 2.05) is 0 Å². The highest BCUT2D eigenvalue weighted by atomic mass is 35.5. The summed E-state index contributed by atoms with van der Waals surface area (Å²) in [5, 5.41) is 3.24. The molecule has 1 fully saturated rings. The summed E-state index contributed by atoms with van der Waals surface area (Å²) in [5.41, 5.74) is 6.45. The van der Waals surface area contributed by atoms with Gasteiger partial charge in [-0.2, -0.15) is 0 Å². The maximum absolute atomic E-state index is 12.1. The second kappa shape index (κ2) is 5.61.